The van der Waals surface area contributed by atoms with Crippen LogP contribution in [0, 0.1) is 0 Å². The van der Waals surface area contributed by atoms with E-state index < -0.39 is 0 Å². The first-order valence-corrected chi connectivity index (χ1v) is 8.38. The highest BCUT2D eigenvalue weighted by atomic mass is 32.1. The van der Waals surface area contributed by atoms with Crippen LogP contribution in [-0.2, 0) is 11.3 Å². The number of nitrogens with zero attached hydrogens (tertiary/aromatic N) is 2. The van der Waals surface area contributed by atoms with E-state index >= 15 is 0 Å². The zero-order valence-electron chi connectivity index (χ0n) is 13.3. The minimum Gasteiger partial charge on any atom is -0.486 e. The normalized spacial score (nSPS) is 12.8. The monoisotopic (exact) mass is 332 g/mol. The van der Waals surface area contributed by atoms with E-state index in [4.69, 9.17) is 9.47 Å². The molecule has 0 aliphatic carbocycles. The van der Waals surface area contributed by atoms with E-state index in [9.17, 15) is 4.79 Å². The molecule has 1 amide bonds. The van der Waals surface area contributed by atoms with E-state index in [1.807, 2.05) is 29.6 Å². The van der Waals surface area contributed by atoms with E-state index in [1.54, 1.807) is 30.3 Å². The van der Waals surface area contributed by atoms with Crippen molar-refractivity contribution in [1.82, 2.24) is 4.90 Å². The van der Waals surface area contributed by atoms with Gasteiger partial charge in [0, 0.05) is 30.7 Å². The number of likely N-dealkylation sites (N-methyl/N-ethyl adjacent to an activating group) is 1. The zero-order chi connectivity index (χ0) is 16.2. The maximum absolute atomic E-state index is 12.2. The molecule has 0 bridgehead atoms. The Morgan fingerprint density at radius 2 is 1.96 bits per heavy atom. The highest BCUT2D eigenvalue weighted by Crippen LogP contribution is 2.34. The molecule has 2 aromatic rings. The lowest BCUT2D eigenvalue weighted by Gasteiger charge is -2.27. The molecule has 0 unspecified atom stereocenters. The van der Waals surface area contributed by atoms with Crippen LogP contribution in [0.5, 0.6) is 11.5 Å². The van der Waals surface area contributed by atoms with Gasteiger partial charge in [-0.2, -0.15) is 0 Å². The molecule has 3 rings (SSSR count). The van der Waals surface area contributed by atoms with Gasteiger partial charge in [-0.3, -0.25) is 4.79 Å². The zero-order valence-corrected chi connectivity index (χ0v) is 14.1. The van der Waals surface area contributed by atoms with Gasteiger partial charge in [-0.05, 0) is 23.6 Å². The van der Waals surface area contributed by atoms with Crippen LogP contribution in [-0.4, -0.2) is 44.7 Å². The fraction of sp³-hybridized carbons (Fsp3) is 0.353. The molecule has 0 N–H and O–H groups in total. The van der Waals surface area contributed by atoms with Gasteiger partial charge in [0.25, 0.3) is 0 Å². The lowest BCUT2D eigenvalue weighted by atomic mass is 10.2. The Hall–Kier alpha value is -2.21. The highest BCUT2D eigenvalue weighted by molar-refractivity contribution is 7.09. The van der Waals surface area contributed by atoms with Gasteiger partial charge in [0.05, 0.1) is 13.1 Å². The summed E-state index contributed by atoms with van der Waals surface area (Å²) in [5, 5.41) is 2.05. The van der Waals surface area contributed by atoms with E-state index in [-0.39, 0.29) is 5.91 Å². The number of hydrogen-bond acceptors (Lipinski definition) is 5. The summed E-state index contributed by atoms with van der Waals surface area (Å²) in [6.45, 7) is 2.14. The molecule has 0 saturated carbocycles. The van der Waals surface area contributed by atoms with Crippen LogP contribution >= 0.6 is 11.3 Å². The number of carbonyl (C=O) groups is 1. The summed E-state index contributed by atoms with van der Waals surface area (Å²) in [5.41, 5.74) is 0.956. The molecule has 0 atom stereocenters. The van der Waals surface area contributed by atoms with Crippen LogP contribution in [0.15, 0.2) is 35.7 Å². The maximum Gasteiger partial charge on any atom is 0.241 e. The maximum atomic E-state index is 12.2. The Balaban J connectivity index is 1.85. The molecular weight excluding hydrogens is 312 g/mol. The first-order valence-electron chi connectivity index (χ1n) is 7.50. The van der Waals surface area contributed by atoms with Crippen molar-refractivity contribution in [2.75, 3.05) is 38.8 Å². The summed E-state index contributed by atoms with van der Waals surface area (Å²) in [5.74, 6) is 1.56. The first-order chi connectivity index (χ1) is 11.1. The number of benzene rings is 1. The topological polar surface area (TPSA) is 42.0 Å². The summed E-state index contributed by atoms with van der Waals surface area (Å²) in [6, 6.07) is 9.94. The van der Waals surface area contributed by atoms with Crippen molar-refractivity contribution in [2.45, 2.75) is 6.54 Å². The number of anilines is 1. The quantitative estimate of drug-likeness (QED) is 0.844. The van der Waals surface area contributed by atoms with Crippen LogP contribution < -0.4 is 14.4 Å². The molecule has 1 aliphatic rings. The average molecular weight is 332 g/mol. The van der Waals surface area contributed by atoms with Gasteiger partial charge in [-0.15, -0.1) is 11.3 Å². The second kappa shape index (κ2) is 6.91. The predicted octanol–water partition coefficient (Wildman–Crippen LogP) is 2.61. The molecule has 5 nitrogen and oxygen atoms in total. The summed E-state index contributed by atoms with van der Waals surface area (Å²) >= 11 is 1.69. The number of thiophene rings is 1. The Labute approximate surface area is 140 Å². The van der Waals surface area contributed by atoms with Gasteiger partial charge in [0.1, 0.15) is 13.2 Å². The van der Waals surface area contributed by atoms with Gasteiger partial charge in [-0.1, -0.05) is 6.07 Å². The molecule has 6 heteroatoms. The van der Waals surface area contributed by atoms with Gasteiger partial charge in [0.15, 0.2) is 11.5 Å². The van der Waals surface area contributed by atoms with Crippen molar-refractivity contribution < 1.29 is 14.3 Å². The van der Waals surface area contributed by atoms with Gasteiger partial charge >= 0.3 is 0 Å². The lowest BCUT2D eigenvalue weighted by molar-refractivity contribution is -0.127. The first kappa shape index (κ1) is 15.7. The Kier molecular flexibility index (Phi) is 4.71. The highest BCUT2D eigenvalue weighted by Gasteiger charge is 2.18. The van der Waals surface area contributed by atoms with Crippen molar-refractivity contribution in [2.24, 2.45) is 0 Å². The number of carbonyl (C=O) groups excluding carboxylic acids is 1. The van der Waals surface area contributed by atoms with Crippen molar-refractivity contribution in [1.29, 1.82) is 0 Å². The molecule has 1 aliphatic heterocycles. The summed E-state index contributed by atoms with van der Waals surface area (Å²) < 4.78 is 11.2. The van der Waals surface area contributed by atoms with Crippen LogP contribution in [0.1, 0.15) is 4.88 Å². The van der Waals surface area contributed by atoms with Gasteiger partial charge in [-0.25, -0.2) is 0 Å². The molecule has 2 heterocycles. The predicted molar refractivity (Wildman–Crippen MR) is 91.5 cm³/mol. The number of rotatable bonds is 5. The standard InChI is InChI=1S/C17H20N2O3S/c1-18(2)17(20)12-19(11-14-4-3-9-23-14)13-5-6-15-16(10-13)22-8-7-21-15/h3-6,9-10H,7-8,11-12H2,1-2H3. The average Bonchev–Trinajstić information content (AvgIpc) is 3.06. The van der Waals surface area contributed by atoms with Crippen molar-refractivity contribution in [3.63, 3.8) is 0 Å². The van der Waals surface area contributed by atoms with Gasteiger partial charge < -0.3 is 19.3 Å². The molecule has 23 heavy (non-hydrogen) atoms. The number of fused-ring (bicyclic) bond motifs is 1. The van der Waals surface area contributed by atoms with E-state index in [0.717, 1.165) is 17.2 Å². The van der Waals surface area contributed by atoms with Crippen molar-refractivity contribution >= 4 is 22.9 Å². The molecule has 1 aromatic carbocycles. The summed E-state index contributed by atoms with van der Waals surface area (Å²) in [4.78, 5) is 17.1. The van der Waals surface area contributed by atoms with Crippen LogP contribution in [0.2, 0.25) is 0 Å². The third kappa shape index (κ3) is 3.76. The van der Waals surface area contributed by atoms with Crippen molar-refractivity contribution in [3.8, 4) is 11.5 Å². The summed E-state index contributed by atoms with van der Waals surface area (Å²) in [6.07, 6.45) is 0. The fourth-order valence-electron chi connectivity index (χ4n) is 2.36. The molecule has 122 valence electrons. The largest absolute Gasteiger partial charge is 0.486 e. The lowest BCUT2D eigenvalue weighted by Crippen LogP contribution is -2.36. The number of ether oxygens (including phenoxy) is 2. The fourth-order valence-corrected chi connectivity index (χ4v) is 3.08. The van der Waals surface area contributed by atoms with Crippen molar-refractivity contribution in [3.05, 3.63) is 40.6 Å². The third-order valence-electron chi connectivity index (χ3n) is 3.64. The second-order valence-corrected chi connectivity index (χ2v) is 6.58. The molecule has 0 spiro atoms. The van der Waals surface area contributed by atoms with Crippen LogP contribution in [0.4, 0.5) is 5.69 Å². The SMILES string of the molecule is CN(C)C(=O)CN(Cc1cccs1)c1ccc2c(c1)OCCO2. The second-order valence-electron chi connectivity index (χ2n) is 5.55. The Morgan fingerprint density at radius 1 is 1.17 bits per heavy atom. The van der Waals surface area contributed by atoms with E-state index in [2.05, 4.69) is 11.0 Å². The molecule has 0 radical (unpaired) electrons. The number of amides is 1. The molecular formula is C17H20N2O3S. The third-order valence-corrected chi connectivity index (χ3v) is 4.50. The Bertz CT molecular complexity index is 670. The van der Waals surface area contributed by atoms with Crippen LogP contribution in [0.25, 0.3) is 0 Å². The minimum absolute atomic E-state index is 0.0662. The number of hydrogen-bond donors (Lipinski definition) is 0. The van der Waals surface area contributed by atoms with E-state index in [0.29, 0.717) is 26.3 Å². The summed E-state index contributed by atoms with van der Waals surface area (Å²) in [7, 11) is 3.55. The minimum atomic E-state index is 0.0662. The molecule has 0 fully saturated rings. The van der Waals surface area contributed by atoms with Gasteiger partial charge in [0.2, 0.25) is 5.91 Å². The smallest absolute Gasteiger partial charge is 0.241 e. The molecule has 1 aromatic heterocycles. The molecule has 0 saturated heterocycles. The Morgan fingerprint density at radius 3 is 2.65 bits per heavy atom. The van der Waals surface area contributed by atoms with E-state index in [1.165, 1.54) is 4.88 Å². The van der Waals surface area contributed by atoms with Crippen LogP contribution in [0.3, 0.4) is 0 Å².